The van der Waals surface area contributed by atoms with Gasteiger partial charge in [0, 0.05) is 20.8 Å². The van der Waals surface area contributed by atoms with Gasteiger partial charge in [-0.2, -0.15) is 0 Å². The third-order valence-corrected chi connectivity index (χ3v) is 13.9. The van der Waals surface area contributed by atoms with Gasteiger partial charge in [0.15, 0.2) is 31.5 Å². The minimum Gasteiger partial charge on any atom is -0.394 e. The Morgan fingerprint density at radius 3 is 1.26 bits per heavy atom. The molecule has 6 aliphatic heterocycles. The maximum atomic E-state index is 12.7. The molecule has 440 valence electrons. The lowest BCUT2D eigenvalue weighted by Gasteiger charge is -2.51. The molecule has 33 heteroatoms. The van der Waals surface area contributed by atoms with Crippen LogP contribution >= 0.6 is 0 Å². The normalized spacial score (nSPS) is 48.2. The highest BCUT2D eigenvalue weighted by molar-refractivity contribution is 5.74. The summed E-state index contributed by atoms with van der Waals surface area (Å²) in [6, 6.07) is -4.47. The molecular formula is C43H73N3O30. The van der Waals surface area contributed by atoms with E-state index in [2.05, 4.69) is 16.0 Å². The molecule has 6 fully saturated rings. The van der Waals surface area contributed by atoms with E-state index in [1.807, 2.05) is 0 Å². The van der Waals surface area contributed by atoms with Gasteiger partial charge in [-0.3, -0.25) is 14.4 Å². The third kappa shape index (κ3) is 13.7. The number of aliphatic hydroxyl groups is 16. The number of carbonyl (C=O) groups is 3. The Morgan fingerprint density at radius 1 is 0.355 bits per heavy atom. The number of rotatable bonds is 19. The lowest BCUT2D eigenvalue weighted by atomic mass is 9.92. The number of aliphatic hydroxyl groups excluding tert-OH is 16. The number of hydrogen-bond donors (Lipinski definition) is 19. The van der Waals surface area contributed by atoms with E-state index in [1.165, 1.54) is 13.8 Å². The summed E-state index contributed by atoms with van der Waals surface area (Å²) in [6.07, 6.45) is -49.9. The summed E-state index contributed by atoms with van der Waals surface area (Å²) in [7, 11) is 0. The number of hydrogen-bond acceptors (Lipinski definition) is 30. The number of carbonyl (C=O) groups excluding carboxylic acids is 3. The van der Waals surface area contributed by atoms with Crippen molar-refractivity contribution in [3.8, 4) is 0 Å². The van der Waals surface area contributed by atoms with Crippen LogP contribution in [-0.2, 0) is 66.5 Å². The minimum absolute atomic E-state index is 0.563. The van der Waals surface area contributed by atoms with Gasteiger partial charge in [0.25, 0.3) is 0 Å². The van der Waals surface area contributed by atoms with Crippen molar-refractivity contribution in [1.29, 1.82) is 0 Å². The molecule has 3 amide bonds. The first-order valence-electron chi connectivity index (χ1n) is 24.4. The maximum absolute atomic E-state index is 12.7. The summed E-state index contributed by atoms with van der Waals surface area (Å²) in [6.45, 7) is -0.761. The molecule has 0 bridgehead atoms. The van der Waals surface area contributed by atoms with E-state index in [0.29, 0.717) is 0 Å². The monoisotopic (exact) mass is 1110 g/mol. The summed E-state index contributed by atoms with van der Waals surface area (Å²) in [5.74, 6) is -2.16. The van der Waals surface area contributed by atoms with Crippen LogP contribution in [0.3, 0.4) is 0 Å². The second kappa shape index (κ2) is 27.2. The van der Waals surface area contributed by atoms with Crippen molar-refractivity contribution in [2.45, 2.75) is 212 Å². The largest absolute Gasteiger partial charge is 0.394 e. The van der Waals surface area contributed by atoms with Crippen molar-refractivity contribution in [1.82, 2.24) is 16.0 Å². The fraction of sp³-hybridized carbons (Fsp3) is 0.930. The Labute approximate surface area is 432 Å². The molecule has 0 aliphatic carbocycles. The Bertz CT molecular complexity index is 1870. The van der Waals surface area contributed by atoms with Crippen molar-refractivity contribution >= 4 is 17.7 Å². The van der Waals surface area contributed by atoms with Crippen molar-refractivity contribution in [3.05, 3.63) is 0 Å². The highest BCUT2D eigenvalue weighted by atomic mass is 16.8. The zero-order valence-corrected chi connectivity index (χ0v) is 41.4. The topological polar surface area (TPSA) is 513 Å². The first kappa shape index (κ1) is 62.5. The maximum Gasteiger partial charge on any atom is 0.217 e. The van der Waals surface area contributed by atoms with E-state index in [9.17, 15) is 96.1 Å². The van der Waals surface area contributed by atoms with Crippen LogP contribution in [0.15, 0.2) is 0 Å². The molecule has 6 aliphatic rings. The number of nitrogens with one attached hydrogen (secondary N) is 3. The van der Waals surface area contributed by atoms with Gasteiger partial charge in [0.1, 0.15) is 140 Å². The number of ether oxygens (including phenoxy) is 11. The van der Waals surface area contributed by atoms with Crippen molar-refractivity contribution < 1.29 is 148 Å². The zero-order chi connectivity index (χ0) is 56.2. The van der Waals surface area contributed by atoms with Gasteiger partial charge < -0.3 is 150 Å². The SMILES string of the molecule is CC(=O)NC1C(O)[C@@H](O)C(CO)O[C@H]1OC1C(O)[C@H](O)C(CO)O[C@@H]1OC1C(O)[C@H](O[C@@H]2C(CO)O[C@@H](O[C@@H]3C(CO)O[C@@H](C)C(NC(C)=O)C3O)C(NC(C)=O)C2O)OC(CO[C@H]2OC(CO)[C@@H](O)C(O)C2O)[C@H]1O. The molecule has 6 heterocycles. The van der Waals surface area contributed by atoms with Crippen LogP contribution in [0, 0.1) is 0 Å². The third-order valence-electron chi connectivity index (χ3n) is 13.9. The second-order valence-corrected chi connectivity index (χ2v) is 19.3. The zero-order valence-electron chi connectivity index (χ0n) is 41.4. The average molecular weight is 1110 g/mol. The summed E-state index contributed by atoms with van der Waals surface area (Å²) < 4.78 is 64.4. The van der Waals surface area contributed by atoms with Crippen LogP contribution in [0.2, 0.25) is 0 Å². The Kier molecular flexibility index (Phi) is 22.4. The van der Waals surface area contributed by atoms with Crippen LogP contribution in [0.5, 0.6) is 0 Å². The van der Waals surface area contributed by atoms with Gasteiger partial charge in [-0.05, 0) is 6.92 Å². The van der Waals surface area contributed by atoms with E-state index in [-0.39, 0.29) is 0 Å². The first-order chi connectivity index (χ1) is 35.9. The highest BCUT2D eigenvalue weighted by Crippen LogP contribution is 2.37. The van der Waals surface area contributed by atoms with Crippen LogP contribution < -0.4 is 16.0 Å². The molecular weight excluding hydrogens is 1040 g/mol. The smallest absolute Gasteiger partial charge is 0.217 e. The van der Waals surface area contributed by atoms with E-state index in [4.69, 9.17) is 52.1 Å². The van der Waals surface area contributed by atoms with Crippen molar-refractivity contribution in [2.75, 3.05) is 39.6 Å². The Balaban J connectivity index is 1.33. The fourth-order valence-electron chi connectivity index (χ4n) is 9.86. The summed E-state index contributed by atoms with van der Waals surface area (Å²) in [4.78, 5) is 36.9. The molecule has 0 aromatic rings. The van der Waals surface area contributed by atoms with Gasteiger partial charge in [0.05, 0.1) is 51.8 Å². The molecule has 76 heavy (non-hydrogen) atoms. The molecule has 19 N–H and O–H groups in total. The lowest BCUT2D eigenvalue weighted by Crippen LogP contribution is -2.70. The molecule has 0 aromatic heterocycles. The quantitative estimate of drug-likeness (QED) is 0.0571. The van der Waals surface area contributed by atoms with Crippen LogP contribution in [0.4, 0.5) is 0 Å². The molecule has 30 atom stereocenters. The lowest BCUT2D eigenvalue weighted by molar-refractivity contribution is -0.394. The first-order valence-corrected chi connectivity index (χ1v) is 24.4. The molecule has 0 saturated carbocycles. The van der Waals surface area contributed by atoms with Gasteiger partial charge in [-0.15, -0.1) is 0 Å². The van der Waals surface area contributed by atoms with E-state index < -0.39 is 241 Å². The van der Waals surface area contributed by atoms with Crippen molar-refractivity contribution in [3.63, 3.8) is 0 Å². The van der Waals surface area contributed by atoms with Gasteiger partial charge >= 0.3 is 0 Å². The van der Waals surface area contributed by atoms with Gasteiger partial charge in [-0.25, -0.2) is 0 Å². The van der Waals surface area contributed by atoms with Crippen molar-refractivity contribution in [2.24, 2.45) is 0 Å². The van der Waals surface area contributed by atoms with Crippen LogP contribution in [0.25, 0.3) is 0 Å². The van der Waals surface area contributed by atoms with Gasteiger partial charge in [0.2, 0.25) is 17.7 Å². The molecule has 0 radical (unpaired) electrons. The standard InChI is InChI=1S/C43H73N3O30/c1-11-21(44-12(2)52)29(60)35(18(8-50)67-11)73-40-23(46-14(4)54)30(61)36(19(9-51)71-40)74-42-34(65)37(27(58)20(72-42)10-66-41-33(64)31(62)25(56)16(6-48)69-41)75-43-38(32(63)26(57)17(7-49)70-43)76-39-22(45-13(3)53)28(59)24(55)15(5-47)68-39/h11,15-43,47-51,55-65H,5-10H2,1-4H3,(H,44,52)(H,45,53)(H,46,54)/t11-,15?,16?,17?,18?,19?,20?,21?,22?,23?,24-,25+,26+,27+,28?,29?,30?,31?,32?,33?,34?,35+,36+,37?,38?,39-,40-,41-,42-,43+/m0/s1. The second-order valence-electron chi connectivity index (χ2n) is 19.3. The fourth-order valence-corrected chi connectivity index (χ4v) is 9.86. The van der Waals surface area contributed by atoms with Crippen LogP contribution in [-0.4, -0.2) is 323 Å². The minimum atomic E-state index is -2.32. The molecule has 6 saturated heterocycles. The average Bonchev–Trinajstić information content (AvgIpc) is 3.37. The van der Waals surface area contributed by atoms with Gasteiger partial charge in [-0.1, -0.05) is 0 Å². The van der Waals surface area contributed by atoms with E-state index >= 15 is 0 Å². The molecule has 0 aromatic carbocycles. The molecule has 18 unspecified atom stereocenters. The summed E-state index contributed by atoms with van der Waals surface area (Å²) in [5.41, 5.74) is 0. The highest BCUT2D eigenvalue weighted by Gasteiger charge is 2.58. The Morgan fingerprint density at radius 2 is 0.737 bits per heavy atom. The van der Waals surface area contributed by atoms with E-state index in [0.717, 1.165) is 13.8 Å². The predicted octanol–water partition coefficient (Wildman–Crippen LogP) is -12.6. The number of amides is 3. The Hall–Kier alpha value is -2.67. The molecule has 6 rings (SSSR count). The van der Waals surface area contributed by atoms with E-state index in [1.54, 1.807) is 0 Å². The molecule has 33 nitrogen and oxygen atoms in total. The molecule has 0 spiro atoms. The predicted molar refractivity (Wildman–Crippen MR) is 237 cm³/mol. The van der Waals surface area contributed by atoms with Crippen LogP contribution in [0.1, 0.15) is 27.7 Å². The summed E-state index contributed by atoms with van der Waals surface area (Å²) in [5, 5.41) is 181. The summed E-state index contributed by atoms with van der Waals surface area (Å²) >= 11 is 0.